The van der Waals surface area contributed by atoms with Crippen LogP contribution in [0.4, 0.5) is 0 Å². The number of carbonyl (C=O) groups is 4. The van der Waals surface area contributed by atoms with Crippen molar-refractivity contribution >= 4 is 23.6 Å². The molecule has 6 nitrogen and oxygen atoms in total. The Balaban J connectivity index is 1.16. The van der Waals surface area contributed by atoms with E-state index in [9.17, 15) is 19.2 Å². The molecule has 5 atom stereocenters. The highest BCUT2D eigenvalue weighted by Gasteiger charge is 2.60. The zero-order chi connectivity index (χ0) is 22.6. The zero-order valence-corrected chi connectivity index (χ0v) is 18.5. The van der Waals surface area contributed by atoms with E-state index in [4.69, 9.17) is 4.74 Å². The Morgan fingerprint density at radius 3 is 2.06 bits per heavy atom. The minimum Gasteiger partial charge on any atom is -0.454 e. The van der Waals surface area contributed by atoms with Gasteiger partial charge in [-0.15, -0.1) is 0 Å². The van der Waals surface area contributed by atoms with Crippen LogP contribution in [0.1, 0.15) is 54.9 Å². The average Bonchev–Trinajstić information content (AvgIpc) is 3.47. The lowest BCUT2D eigenvalue weighted by molar-refractivity contribution is -0.153. The van der Waals surface area contributed by atoms with Crippen LogP contribution in [0.5, 0.6) is 0 Å². The predicted octanol–water partition coefficient (Wildman–Crippen LogP) is 3.48. The number of carbonyl (C=O) groups excluding carboxylic acids is 4. The van der Waals surface area contributed by atoms with Crippen LogP contribution in [0.3, 0.4) is 0 Å². The minimum atomic E-state index is -0.841. The molecular formula is C26H29NO5. The van der Waals surface area contributed by atoms with Crippen LogP contribution in [-0.2, 0) is 19.1 Å². The molecule has 5 rings (SSSR count). The lowest BCUT2D eigenvalue weighted by Crippen LogP contribution is -2.44. The molecule has 4 aliphatic rings. The summed E-state index contributed by atoms with van der Waals surface area (Å²) in [5, 5.41) is 0. The first kappa shape index (κ1) is 21.1. The molecule has 1 aliphatic heterocycles. The molecule has 2 amide bonds. The fourth-order valence-electron chi connectivity index (χ4n) is 6.13. The highest BCUT2D eigenvalue weighted by Crippen LogP contribution is 2.53. The summed E-state index contributed by atoms with van der Waals surface area (Å²) in [5.41, 5.74) is 1.59. The van der Waals surface area contributed by atoms with Crippen LogP contribution in [0, 0.1) is 36.5 Å². The van der Waals surface area contributed by atoms with Crippen molar-refractivity contribution in [3.8, 4) is 0 Å². The summed E-state index contributed by atoms with van der Waals surface area (Å²) >= 11 is 0. The van der Waals surface area contributed by atoms with Crippen molar-refractivity contribution in [3.05, 3.63) is 47.5 Å². The summed E-state index contributed by atoms with van der Waals surface area (Å²) in [5.74, 6) is -0.826. The van der Waals surface area contributed by atoms with Crippen molar-refractivity contribution in [3.63, 3.8) is 0 Å². The molecule has 168 valence electrons. The first-order valence-corrected chi connectivity index (χ1v) is 11.7. The second-order valence-electron chi connectivity index (χ2n) is 9.86. The van der Waals surface area contributed by atoms with Crippen molar-refractivity contribution in [2.75, 3.05) is 0 Å². The van der Waals surface area contributed by atoms with E-state index in [1.165, 1.54) is 4.90 Å². The number of likely N-dealkylation sites (tertiary alicyclic amines) is 1. The normalized spacial score (nSPS) is 34.0. The Morgan fingerprint density at radius 2 is 1.50 bits per heavy atom. The first-order valence-electron chi connectivity index (χ1n) is 11.7. The van der Waals surface area contributed by atoms with Gasteiger partial charge in [-0.25, -0.2) is 0 Å². The summed E-state index contributed by atoms with van der Waals surface area (Å²) in [4.78, 5) is 52.8. The number of fused-ring (bicyclic) bond motifs is 5. The Labute approximate surface area is 188 Å². The van der Waals surface area contributed by atoms with Gasteiger partial charge in [0.05, 0.1) is 17.8 Å². The van der Waals surface area contributed by atoms with Gasteiger partial charge in [0.2, 0.25) is 17.6 Å². The van der Waals surface area contributed by atoms with Crippen molar-refractivity contribution < 1.29 is 23.9 Å². The van der Waals surface area contributed by atoms with E-state index in [2.05, 4.69) is 12.2 Å². The SMILES string of the molecule is Cc1ccc(C(=O)[C@H](C)OC(=O)C2CCC(N3C(=O)[C@H]4[C@H](C3=O)[C@H]3C=C[C@H]4C3)CC2)cc1. The van der Waals surface area contributed by atoms with Crippen LogP contribution in [0.2, 0.25) is 0 Å². The molecule has 1 saturated heterocycles. The molecular weight excluding hydrogens is 406 g/mol. The Hall–Kier alpha value is -2.76. The number of esters is 1. The quantitative estimate of drug-likeness (QED) is 0.306. The maximum atomic E-state index is 13.0. The Bertz CT molecular complexity index is 958. The van der Waals surface area contributed by atoms with Crippen LogP contribution < -0.4 is 0 Å². The van der Waals surface area contributed by atoms with Crippen LogP contribution in [0.25, 0.3) is 0 Å². The van der Waals surface area contributed by atoms with Crippen LogP contribution >= 0.6 is 0 Å². The number of Topliss-reactive ketones (excluding diaryl/α,β-unsaturated/α-hetero) is 1. The number of aryl methyl sites for hydroxylation is 1. The topological polar surface area (TPSA) is 80.8 Å². The molecule has 0 N–H and O–H groups in total. The first-order chi connectivity index (χ1) is 15.3. The number of benzene rings is 1. The second-order valence-corrected chi connectivity index (χ2v) is 9.86. The number of ketones is 1. The lowest BCUT2D eigenvalue weighted by atomic mass is 9.85. The summed E-state index contributed by atoms with van der Waals surface area (Å²) in [6.45, 7) is 3.55. The van der Waals surface area contributed by atoms with E-state index in [0.29, 0.717) is 31.2 Å². The number of rotatable bonds is 5. The fraction of sp³-hybridized carbons (Fsp3) is 0.538. The van der Waals surface area contributed by atoms with Crippen LogP contribution in [-0.4, -0.2) is 40.6 Å². The number of amides is 2. The van der Waals surface area contributed by atoms with Crippen molar-refractivity contribution in [1.29, 1.82) is 0 Å². The van der Waals surface area contributed by atoms with Crippen molar-refractivity contribution in [2.24, 2.45) is 29.6 Å². The molecule has 32 heavy (non-hydrogen) atoms. The number of hydrogen-bond acceptors (Lipinski definition) is 5. The van der Waals surface area contributed by atoms with Gasteiger partial charge >= 0.3 is 5.97 Å². The van der Waals surface area contributed by atoms with Gasteiger partial charge in [-0.2, -0.15) is 0 Å². The highest BCUT2D eigenvalue weighted by atomic mass is 16.5. The van der Waals surface area contributed by atoms with Crippen molar-refractivity contribution in [1.82, 2.24) is 4.90 Å². The second kappa shape index (κ2) is 7.98. The largest absolute Gasteiger partial charge is 0.454 e. The van der Waals surface area contributed by atoms with E-state index in [1.54, 1.807) is 19.1 Å². The number of ether oxygens (including phenoxy) is 1. The summed E-state index contributed by atoms with van der Waals surface area (Å²) in [7, 11) is 0. The standard InChI is InChI=1S/C26H29NO5/c1-14-3-5-16(6-4-14)23(28)15(2)32-26(31)17-9-11-20(12-10-17)27-24(29)21-18-7-8-19(13-18)22(21)25(27)30/h3-8,15,17-22H,9-13H2,1-2H3/t15-,17?,18-,19-,20?,21+,22+/m0/s1. The maximum absolute atomic E-state index is 13.0. The summed E-state index contributed by atoms with van der Waals surface area (Å²) in [6.07, 6.45) is 6.64. The molecule has 0 unspecified atom stereocenters. The highest BCUT2D eigenvalue weighted by molar-refractivity contribution is 6.06. The summed E-state index contributed by atoms with van der Waals surface area (Å²) in [6, 6.07) is 7.08. The smallest absolute Gasteiger partial charge is 0.309 e. The number of nitrogens with zero attached hydrogens (tertiary/aromatic N) is 1. The third kappa shape index (κ3) is 3.40. The molecule has 1 heterocycles. The molecule has 0 radical (unpaired) electrons. The zero-order valence-electron chi connectivity index (χ0n) is 18.5. The third-order valence-electron chi connectivity index (χ3n) is 7.90. The monoisotopic (exact) mass is 435 g/mol. The Kier molecular flexibility index (Phi) is 5.26. The van der Waals surface area contributed by atoms with E-state index in [-0.39, 0.29) is 59.2 Å². The molecule has 1 aromatic carbocycles. The van der Waals surface area contributed by atoms with Gasteiger partial charge in [-0.1, -0.05) is 42.0 Å². The van der Waals surface area contributed by atoms with Gasteiger partial charge in [-0.05, 0) is 57.8 Å². The third-order valence-corrected chi connectivity index (χ3v) is 7.90. The molecule has 2 saturated carbocycles. The predicted molar refractivity (Wildman–Crippen MR) is 116 cm³/mol. The molecule has 2 bridgehead atoms. The molecule has 6 heteroatoms. The van der Waals surface area contributed by atoms with Gasteiger partial charge < -0.3 is 4.74 Å². The van der Waals surface area contributed by atoms with Gasteiger partial charge in [0.1, 0.15) is 0 Å². The number of imide groups is 1. The van der Waals surface area contributed by atoms with Crippen molar-refractivity contribution in [2.45, 2.75) is 58.1 Å². The summed E-state index contributed by atoms with van der Waals surface area (Å²) < 4.78 is 5.49. The molecule has 3 fully saturated rings. The van der Waals surface area contributed by atoms with E-state index >= 15 is 0 Å². The molecule has 0 aromatic heterocycles. The fourth-order valence-corrected chi connectivity index (χ4v) is 6.13. The molecule has 3 aliphatic carbocycles. The maximum Gasteiger partial charge on any atom is 0.309 e. The van der Waals surface area contributed by atoms with Gasteiger partial charge in [0.25, 0.3) is 0 Å². The van der Waals surface area contributed by atoms with E-state index < -0.39 is 6.10 Å². The lowest BCUT2D eigenvalue weighted by Gasteiger charge is -2.33. The van der Waals surface area contributed by atoms with Gasteiger partial charge in [-0.3, -0.25) is 24.1 Å². The number of hydrogen-bond donors (Lipinski definition) is 0. The van der Waals surface area contributed by atoms with Gasteiger partial charge in [0.15, 0.2) is 6.10 Å². The van der Waals surface area contributed by atoms with Gasteiger partial charge in [0, 0.05) is 11.6 Å². The number of allylic oxidation sites excluding steroid dienone is 2. The molecule has 0 spiro atoms. The van der Waals surface area contributed by atoms with Crippen LogP contribution in [0.15, 0.2) is 36.4 Å². The van der Waals surface area contributed by atoms with E-state index in [1.807, 2.05) is 19.1 Å². The molecule has 1 aromatic rings. The minimum absolute atomic E-state index is 0.0137. The Morgan fingerprint density at radius 1 is 0.938 bits per heavy atom. The van der Waals surface area contributed by atoms with E-state index in [0.717, 1.165) is 12.0 Å². The average molecular weight is 436 g/mol.